The monoisotopic (exact) mass is 141 g/mol. The average Bonchev–Trinajstić information content (AvgIpc) is 1.99. The zero-order valence-electron chi connectivity index (χ0n) is 7.35. The van der Waals surface area contributed by atoms with Crippen LogP contribution < -0.4 is 5.32 Å². The van der Waals surface area contributed by atoms with E-state index in [4.69, 9.17) is 0 Å². The quantitative estimate of drug-likeness (QED) is 0.579. The molecule has 1 N–H and O–H groups in total. The summed E-state index contributed by atoms with van der Waals surface area (Å²) >= 11 is 0. The lowest BCUT2D eigenvalue weighted by Gasteiger charge is -2.19. The minimum Gasteiger partial charge on any atom is -0.311 e. The van der Waals surface area contributed by atoms with Crippen molar-refractivity contribution < 1.29 is 0 Å². The van der Waals surface area contributed by atoms with Crippen molar-refractivity contribution in [3.63, 3.8) is 0 Å². The van der Waals surface area contributed by atoms with Gasteiger partial charge in [-0.1, -0.05) is 33.3 Å². The Morgan fingerprint density at radius 1 is 1.50 bits per heavy atom. The van der Waals surface area contributed by atoms with E-state index in [1.807, 2.05) is 6.08 Å². The molecule has 0 aromatic carbocycles. The van der Waals surface area contributed by atoms with E-state index in [0.29, 0.717) is 12.0 Å². The van der Waals surface area contributed by atoms with Gasteiger partial charge in [0, 0.05) is 6.04 Å². The molecule has 0 saturated carbocycles. The second kappa shape index (κ2) is 5.48. The molecule has 60 valence electrons. The van der Waals surface area contributed by atoms with Gasteiger partial charge >= 0.3 is 0 Å². The van der Waals surface area contributed by atoms with Crippen LogP contribution in [0.3, 0.4) is 0 Å². The van der Waals surface area contributed by atoms with Gasteiger partial charge in [-0.15, -0.1) is 6.58 Å². The largest absolute Gasteiger partial charge is 0.311 e. The van der Waals surface area contributed by atoms with Gasteiger partial charge in [-0.2, -0.15) is 0 Å². The maximum absolute atomic E-state index is 3.79. The zero-order chi connectivity index (χ0) is 7.98. The van der Waals surface area contributed by atoms with Crippen LogP contribution in [0.2, 0.25) is 0 Å². The molecule has 0 radical (unpaired) electrons. The van der Waals surface area contributed by atoms with Crippen LogP contribution in [0, 0.1) is 5.92 Å². The first-order valence-electron chi connectivity index (χ1n) is 4.12. The Morgan fingerprint density at radius 2 is 2.10 bits per heavy atom. The lowest BCUT2D eigenvalue weighted by atomic mass is 9.99. The van der Waals surface area contributed by atoms with Gasteiger partial charge in [-0.3, -0.25) is 0 Å². The summed E-state index contributed by atoms with van der Waals surface area (Å²) in [6.45, 7) is 11.4. The van der Waals surface area contributed by atoms with Crippen molar-refractivity contribution in [2.75, 3.05) is 6.54 Å². The molecule has 0 aromatic heterocycles. The Hall–Kier alpha value is -0.300. The third-order valence-corrected chi connectivity index (χ3v) is 1.95. The molecule has 1 nitrogen and oxygen atoms in total. The standard InChI is InChI=1S/C9H19N/c1-5-8(4)9(6-2)10-7-3/h6,8-10H,2,5,7H2,1,3-4H3. The van der Waals surface area contributed by atoms with E-state index in [2.05, 4.69) is 32.7 Å². The van der Waals surface area contributed by atoms with Crippen LogP contribution in [0.4, 0.5) is 0 Å². The van der Waals surface area contributed by atoms with Crippen LogP contribution >= 0.6 is 0 Å². The number of rotatable bonds is 5. The normalized spacial score (nSPS) is 16.3. The van der Waals surface area contributed by atoms with Crippen LogP contribution in [0.15, 0.2) is 12.7 Å². The predicted molar refractivity (Wildman–Crippen MR) is 47.1 cm³/mol. The topological polar surface area (TPSA) is 12.0 Å². The highest BCUT2D eigenvalue weighted by Crippen LogP contribution is 2.07. The van der Waals surface area contributed by atoms with E-state index in [1.165, 1.54) is 6.42 Å². The summed E-state index contributed by atoms with van der Waals surface area (Å²) in [7, 11) is 0. The molecule has 0 bridgehead atoms. The van der Waals surface area contributed by atoms with Gasteiger partial charge in [0.15, 0.2) is 0 Å². The average molecular weight is 141 g/mol. The molecule has 2 unspecified atom stereocenters. The summed E-state index contributed by atoms with van der Waals surface area (Å²) in [5.41, 5.74) is 0. The molecule has 1 heteroatoms. The summed E-state index contributed by atoms with van der Waals surface area (Å²) in [6, 6.07) is 0.495. The van der Waals surface area contributed by atoms with Crippen molar-refractivity contribution in [3.8, 4) is 0 Å². The highest BCUT2D eigenvalue weighted by Gasteiger charge is 2.08. The number of nitrogens with one attached hydrogen (secondary N) is 1. The molecule has 0 aliphatic heterocycles. The minimum absolute atomic E-state index is 0.495. The summed E-state index contributed by atoms with van der Waals surface area (Å²) < 4.78 is 0. The fourth-order valence-corrected chi connectivity index (χ4v) is 1.01. The van der Waals surface area contributed by atoms with Crippen molar-refractivity contribution in [2.24, 2.45) is 5.92 Å². The molecule has 0 fully saturated rings. The molecule has 10 heavy (non-hydrogen) atoms. The number of likely N-dealkylation sites (N-methyl/N-ethyl adjacent to an activating group) is 1. The summed E-state index contributed by atoms with van der Waals surface area (Å²) in [5.74, 6) is 0.706. The van der Waals surface area contributed by atoms with E-state index < -0.39 is 0 Å². The van der Waals surface area contributed by atoms with Crippen LogP contribution in [-0.2, 0) is 0 Å². The number of hydrogen-bond donors (Lipinski definition) is 1. The molecule has 0 saturated heterocycles. The van der Waals surface area contributed by atoms with Gasteiger partial charge in [-0.05, 0) is 12.5 Å². The molecule has 0 aliphatic rings. The summed E-state index contributed by atoms with van der Waals surface area (Å²) in [6.07, 6.45) is 3.21. The van der Waals surface area contributed by atoms with E-state index in [9.17, 15) is 0 Å². The second-order valence-corrected chi connectivity index (χ2v) is 2.70. The maximum Gasteiger partial charge on any atom is 0.0272 e. The van der Waals surface area contributed by atoms with E-state index >= 15 is 0 Å². The van der Waals surface area contributed by atoms with E-state index in [1.54, 1.807) is 0 Å². The van der Waals surface area contributed by atoms with Crippen molar-refractivity contribution in [1.29, 1.82) is 0 Å². The Balaban J connectivity index is 3.67. The van der Waals surface area contributed by atoms with Crippen LogP contribution in [0.5, 0.6) is 0 Å². The smallest absolute Gasteiger partial charge is 0.0272 e. The first kappa shape index (κ1) is 9.70. The minimum atomic E-state index is 0.495. The first-order chi connectivity index (χ1) is 4.76. The molecule has 2 atom stereocenters. The summed E-state index contributed by atoms with van der Waals surface area (Å²) in [4.78, 5) is 0. The van der Waals surface area contributed by atoms with E-state index in [-0.39, 0.29) is 0 Å². The Labute approximate surface area is 64.5 Å². The third kappa shape index (κ3) is 3.02. The van der Waals surface area contributed by atoms with E-state index in [0.717, 1.165) is 6.54 Å². The molecule has 0 rings (SSSR count). The molecule has 0 aliphatic carbocycles. The van der Waals surface area contributed by atoms with Gasteiger partial charge < -0.3 is 5.32 Å². The van der Waals surface area contributed by atoms with Crippen LogP contribution in [0.25, 0.3) is 0 Å². The second-order valence-electron chi connectivity index (χ2n) is 2.70. The SMILES string of the molecule is C=CC(NCC)C(C)CC. The maximum atomic E-state index is 3.79. The molecule has 0 aromatic rings. The zero-order valence-corrected chi connectivity index (χ0v) is 7.35. The lowest BCUT2D eigenvalue weighted by Crippen LogP contribution is -2.32. The third-order valence-electron chi connectivity index (χ3n) is 1.95. The Bertz CT molecular complexity index is 88.7. The van der Waals surface area contributed by atoms with Gasteiger partial charge in [0.25, 0.3) is 0 Å². The molecular formula is C9H19N. The van der Waals surface area contributed by atoms with Gasteiger partial charge in [0.2, 0.25) is 0 Å². The van der Waals surface area contributed by atoms with Crippen molar-refractivity contribution in [3.05, 3.63) is 12.7 Å². The molecule has 0 amide bonds. The summed E-state index contributed by atoms with van der Waals surface area (Å²) in [5, 5.41) is 3.36. The predicted octanol–water partition coefficient (Wildman–Crippen LogP) is 2.20. The highest BCUT2D eigenvalue weighted by molar-refractivity contribution is 4.88. The van der Waals surface area contributed by atoms with Gasteiger partial charge in [-0.25, -0.2) is 0 Å². The first-order valence-corrected chi connectivity index (χ1v) is 4.12. The van der Waals surface area contributed by atoms with Crippen LogP contribution in [-0.4, -0.2) is 12.6 Å². The fourth-order valence-electron chi connectivity index (χ4n) is 1.01. The molecule has 0 spiro atoms. The molecule has 0 heterocycles. The van der Waals surface area contributed by atoms with Crippen molar-refractivity contribution in [2.45, 2.75) is 33.2 Å². The number of hydrogen-bond acceptors (Lipinski definition) is 1. The molecular weight excluding hydrogens is 122 g/mol. The lowest BCUT2D eigenvalue weighted by molar-refractivity contribution is 0.432. The van der Waals surface area contributed by atoms with Gasteiger partial charge in [0.1, 0.15) is 0 Å². The van der Waals surface area contributed by atoms with Crippen molar-refractivity contribution >= 4 is 0 Å². The van der Waals surface area contributed by atoms with Crippen molar-refractivity contribution in [1.82, 2.24) is 5.32 Å². The Morgan fingerprint density at radius 3 is 2.40 bits per heavy atom. The van der Waals surface area contributed by atoms with Gasteiger partial charge in [0.05, 0.1) is 0 Å². The highest BCUT2D eigenvalue weighted by atomic mass is 14.9. The Kier molecular flexibility index (Phi) is 5.32. The fraction of sp³-hybridized carbons (Fsp3) is 0.778. The van der Waals surface area contributed by atoms with Crippen LogP contribution in [0.1, 0.15) is 27.2 Å².